The van der Waals surface area contributed by atoms with E-state index >= 15 is 0 Å². The van der Waals surface area contributed by atoms with Gasteiger partial charge < -0.3 is 0 Å². The van der Waals surface area contributed by atoms with E-state index in [2.05, 4.69) is 50.8 Å². The van der Waals surface area contributed by atoms with E-state index in [9.17, 15) is 0 Å². The van der Waals surface area contributed by atoms with Gasteiger partial charge in [-0.25, -0.2) is 0 Å². The molecule has 2 aromatic rings. The van der Waals surface area contributed by atoms with Gasteiger partial charge >= 0.3 is 0 Å². The second kappa shape index (κ2) is 6.08. The Labute approximate surface area is 120 Å². The summed E-state index contributed by atoms with van der Waals surface area (Å²) in [7, 11) is 0. The van der Waals surface area contributed by atoms with E-state index < -0.39 is 0 Å². The zero-order chi connectivity index (χ0) is 13.8. The Balaban J connectivity index is 2.48. The maximum Gasteiger partial charge on any atom is 0.0406 e. The number of hydrogen-bond acceptors (Lipinski definition) is 0. The zero-order valence-electron chi connectivity index (χ0n) is 11.5. The summed E-state index contributed by atoms with van der Waals surface area (Å²) < 4.78 is 0. The lowest BCUT2D eigenvalue weighted by atomic mass is 9.85. The van der Waals surface area contributed by atoms with Crippen LogP contribution in [0.5, 0.6) is 0 Å². The van der Waals surface area contributed by atoms with E-state index in [1.807, 2.05) is 18.2 Å². The normalized spacial score (nSPS) is 12.2. The Morgan fingerprint density at radius 2 is 1.79 bits per heavy atom. The van der Waals surface area contributed by atoms with Crippen LogP contribution in [0.4, 0.5) is 0 Å². The van der Waals surface area contributed by atoms with Gasteiger partial charge in [0.1, 0.15) is 0 Å². The molecule has 1 heteroatoms. The molecule has 1 atom stereocenters. The quantitative estimate of drug-likeness (QED) is 0.629. The first-order valence-corrected chi connectivity index (χ1v) is 6.93. The summed E-state index contributed by atoms with van der Waals surface area (Å²) in [5.74, 6) is 0.356. The van der Waals surface area contributed by atoms with Crippen molar-refractivity contribution in [1.82, 2.24) is 0 Å². The Morgan fingerprint density at radius 1 is 1.11 bits per heavy atom. The minimum atomic E-state index is 0.356. The molecule has 0 radical (unpaired) electrons. The van der Waals surface area contributed by atoms with Gasteiger partial charge in [-0.3, -0.25) is 0 Å². The summed E-state index contributed by atoms with van der Waals surface area (Å²) in [6, 6.07) is 14.6. The molecular weight excluding hydrogens is 252 g/mol. The second-order valence-corrected chi connectivity index (χ2v) is 5.35. The van der Waals surface area contributed by atoms with Gasteiger partial charge in [-0.1, -0.05) is 48.0 Å². The fraction of sp³-hybridized carbons (Fsp3) is 0.222. The molecule has 2 aromatic carbocycles. The van der Waals surface area contributed by atoms with Gasteiger partial charge in [0.15, 0.2) is 0 Å². The smallest absolute Gasteiger partial charge is 0.0406 e. The molecule has 0 aromatic heterocycles. The van der Waals surface area contributed by atoms with Crippen molar-refractivity contribution in [2.45, 2.75) is 26.2 Å². The van der Waals surface area contributed by atoms with E-state index in [0.29, 0.717) is 5.92 Å². The van der Waals surface area contributed by atoms with Gasteiger partial charge in [0.25, 0.3) is 0 Å². The Hall–Kier alpha value is -1.53. The third-order valence-electron chi connectivity index (χ3n) is 3.70. The van der Waals surface area contributed by atoms with E-state index in [1.54, 1.807) is 0 Å². The third kappa shape index (κ3) is 3.08. The fourth-order valence-corrected chi connectivity index (χ4v) is 2.58. The van der Waals surface area contributed by atoms with Crippen LogP contribution in [0.3, 0.4) is 0 Å². The highest BCUT2D eigenvalue weighted by Crippen LogP contribution is 2.32. The van der Waals surface area contributed by atoms with Crippen molar-refractivity contribution < 1.29 is 0 Å². The minimum Gasteiger partial charge on any atom is -0.103 e. The number of aryl methyl sites for hydroxylation is 1. The summed E-state index contributed by atoms with van der Waals surface area (Å²) in [6.45, 7) is 8.24. The SMILES string of the molecule is C=CCC(c1ccc(Cl)cc1)c1cccc(C)c1C. The van der Waals surface area contributed by atoms with E-state index in [1.165, 1.54) is 22.3 Å². The first-order chi connectivity index (χ1) is 9.13. The van der Waals surface area contributed by atoms with Crippen LogP contribution in [0.15, 0.2) is 55.1 Å². The van der Waals surface area contributed by atoms with Gasteiger partial charge in [0, 0.05) is 10.9 Å². The number of hydrogen-bond donors (Lipinski definition) is 0. The number of allylic oxidation sites excluding steroid dienone is 1. The summed E-state index contributed by atoms with van der Waals surface area (Å²) in [6.07, 6.45) is 2.92. The molecule has 2 rings (SSSR count). The van der Waals surface area contributed by atoms with Crippen LogP contribution < -0.4 is 0 Å². The molecular formula is C18H19Cl. The molecule has 0 heterocycles. The maximum atomic E-state index is 5.98. The monoisotopic (exact) mass is 270 g/mol. The van der Waals surface area contributed by atoms with Gasteiger partial charge in [0.05, 0.1) is 0 Å². The maximum absolute atomic E-state index is 5.98. The molecule has 0 fully saturated rings. The number of rotatable bonds is 4. The molecule has 0 aliphatic carbocycles. The van der Waals surface area contributed by atoms with Crippen LogP contribution in [-0.2, 0) is 0 Å². The van der Waals surface area contributed by atoms with E-state index in [0.717, 1.165) is 11.4 Å². The highest BCUT2D eigenvalue weighted by molar-refractivity contribution is 6.30. The molecule has 0 nitrogen and oxygen atoms in total. The van der Waals surface area contributed by atoms with E-state index in [-0.39, 0.29) is 0 Å². The van der Waals surface area contributed by atoms with Crippen molar-refractivity contribution in [3.63, 3.8) is 0 Å². The molecule has 0 N–H and O–H groups in total. The number of benzene rings is 2. The van der Waals surface area contributed by atoms with Crippen molar-refractivity contribution >= 4 is 11.6 Å². The molecule has 19 heavy (non-hydrogen) atoms. The Kier molecular flexibility index (Phi) is 4.44. The molecule has 1 unspecified atom stereocenters. The van der Waals surface area contributed by atoms with Gasteiger partial charge in [-0.15, -0.1) is 6.58 Å². The topological polar surface area (TPSA) is 0 Å². The van der Waals surface area contributed by atoms with Crippen molar-refractivity contribution in [3.05, 3.63) is 82.4 Å². The first kappa shape index (κ1) is 13.9. The Bertz CT molecular complexity index is 567. The van der Waals surface area contributed by atoms with Crippen LogP contribution in [0, 0.1) is 13.8 Å². The van der Waals surface area contributed by atoms with Crippen molar-refractivity contribution in [3.8, 4) is 0 Å². The Morgan fingerprint density at radius 3 is 2.42 bits per heavy atom. The average molecular weight is 271 g/mol. The van der Waals surface area contributed by atoms with Crippen LogP contribution in [-0.4, -0.2) is 0 Å². The van der Waals surface area contributed by atoms with Gasteiger partial charge in [-0.05, 0) is 54.7 Å². The summed E-state index contributed by atoms with van der Waals surface area (Å²) >= 11 is 5.98. The molecule has 0 amide bonds. The zero-order valence-corrected chi connectivity index (χ0v) is 12.2. The lowest BCUT2D eigenvalue weighted by Crippen LogP contribution is -2.03. The van der Waals surface area contributed by atoms with Crippen LogP contribution in [0.25, 0.3) is 0 Å². The first-order valence-electron chi connectivity index (χ1n) is 6.56. The van der Waals surface area contributed by atoms with Crippen LogP contribution in [0.1, 0.15) is 34.6 Å². The summed E-state index contributed by atoms with van der Waals surface area (Å²) in [5.41, 5.74) is 5.37. The molecule has 0 spiro atoms. The lowest BCUT2D eigenvalue weighted by molar-refractivity contribution is 0.821. The van der Waals surface area contributed by atoms with Gasteiger partial charge in [-0.2, -0.15) is 0 Å². The minimum absolute atomic E-state index is 0.356. The molecule has 0 saturated heterocycles. The highest BCUT2D eigenvalue weighted by atomic mass is 35.5. The van der Waals surface area contributed by atoms with Crippen molar-refractivity contribution in [1.29, 1.82) is 0 Å². The second-order valence-electron chi connectivity index (χ2n) is 4.92. The lowest BCUT2D eigenvalue weighted by Gasteiger charge is -2.20. The van der Waals surface area contributed by atoms with Crippen LogP contribution in [0.2, 0.25) is 5.02 Å². The fourth-order valence-electron chi connectivity index (χ4n) is 2.46. The number of halogens is 1. The van der Waals surface area contributed by atoms with E-state index in [4.69, 9.17) is 11.6 Å². The predicted octanol–water partition coefficient (Wildman–Crippen LogP) is 5.66. The molecule has 0 aliphatic heterocycles. The van der Waals surface area contributed by atoms with Crippen molar-refractivity contribution in [2.75, 3.05) is 0 Å². The third-order valence-corrected chi connectivity index (χ3v) is 3.95. The average Bonchev–Trinajstić information content (AvgIpc) is 2.41. The summed E-state index contributed by atoms with van der Waals surface area (Å²) in [5, 5.41) is 0.780. The highest BCUT2D eigenvalue weighted by Gasteiger charge is 2.15. The molecule has 0 aliphatic rings. The van der Waals surface area contributed by atoms with Crippen LogP contribution >= 0.6 is 11.6 Å². The molecule has 0 saturated carbocycles. The molecule has 98 valence electrons. The molecule has 0 bridgehead atoms. The largest absolute Gasteiger partial charge is 0.103 e. The standard InChI is InChI=1S/C18H19Cl/c1-4-6-18(15-9-11-16(19)12-10-15)17-8-5-7-13(2)14(17)3/h4-5,7-12,18H,1,6H2,2-3H3. The predicted molar refractivity (Wildman–Crippen MR) is 84.0 cm³/mol. The summed E-state index contributed by atoms with van der Waals surface area (Å²) in [4.78, 5) is 0. The van der Waals surface area contributed by atoms with Gasteiger partial charge in [0.2, 0.25) is 0 Å². The van der Waals surface area contributed by atoms with Crippen molar-refractivity contribution in [2.24, 2.45) is 0 Å².